The minimum absolute atomic E-state index is 0.574. The van der Waals surface area contributed by atoms with Crippen molar-refractivity contribution in [2.75, 3.05) is 0 Å². The van der Waals surface area contributed by atoms with Crippen molar-refractivity contribution in [2.45, 2.75) is 6.54 Å². The highest BCUT2D eigenvalue weighted by molar-refractivity contribution is 9.11. The van der Waals surface area contributed by atoms with Crippen molar-refractivity contribution in [3.05, 3.63) is 26.9 Å². The van der Waals surface area contributed by atoms with Gasteiger partial charge in [-0.15, -0.1) is 11.3 Å². The van der Waals surface area contributed by atoms with Crippen LogP contribution in [0.15, 0.2) is 22.0 Å². The molecule has 2 N–H and O–H groups in total. The first-order chi connectivity index (χ1) is 6.29. The van der Waals surface area contributed by atoms with Crippen LogP contribution in [-0.4, -0.2) is 4.37 Å². The van der Waals surface area contributed by atoms with Crippen LogP contribution in [0.4, 0.5) is 0 Å². The van der Waals surface area contributed by atoms with Gasteiger partial charge >= 0.3 is 0 Å². The number of nitrogens with two attached hydrogens (primary N) is 1. The summed E-state index contributed by atoms with van der Waals surface area (Å²) in [5, 5.41) is 0. The molecular formula is C8H7BrN2S2. The molecule has 0 aliphatic rings. The van der Waals surface area contributed by atoms with E-state index in [1.165, 1.54) is 16.4 Å². The van der Waals surface area contributed by atoms with Crippen molar-refractivity contribution in [3.8, 4) is 10.6 Å². The first-order valence-electron chi connectivity index (χ1n) is 3.71. The number of nitrogens with zero attached hydrogens (tertiary/aromatic N) is 1. The van der Waals surface area contributed by atoms with E-state index in [2.05, 4.69) is 26.4 Å². The average Bonchev–Trinajstić information content (AvgIpc) is 2.71. The summed E-state index contributed by atoms with van der Waals surface area (Å²) in [7, 11) is 0. The van der Waals surface area contributed by atoms with E-state index in [0.29, 0.717) is 6.54 Å². The molecule has 13 heavy (non-hydrogen) atoms. The number of hydrogen-bond donors (Lipinski definition) is 1. The van der Waals surface area contributed by atoms with E-state index >= 15 is 0 Å². The van der Waals surface area contributed by atoms with E-state index in [0.717, 1.165) is 14.4 Å². The topological polar surface area (TPSA) is 38.9 Å². The van der Waals surface area contributed by atoms with E-state index < -0.39 is 0 Å². The summed E-state index contributed by atoms with van der Waals surface area (Å²) in [4.78, 5) is 2.31. The van der Waals surface area contributed by atoms with Crippen molar-refractivity contribution in [1.82, 2.24) is 4.37 Å². The summed E-state index contributed by atoms with van der Waals surface area (Å²) in [6, 6.07) is 6.13. The number of thiophene rings is 1. The lowest BCUT2D eigenvalue weighted by Crippen LogP contribution is -1.91. The van der Waals surface area contributed by atoms with Crippen LogP contribution in [0.25, 0.3) is 10.6 Å². The summed E-state index contributed by atoms with van der Waals surface area (Å²) in [6.07, 6.45) is 0. The van der Waals surface area contributed by atoms with E-state index in [1.54, 1.807) is 11.3 Å². The number of rotatable bonds is 2. The predicted molar refractivity (Wildman–Crippen MR) is 61.0 cm³/mol. The molecule has 0 aliphatic heterocycles. The van der Waals surface area contributed by atoms with Crippen LogP contribution in [0.1, 0.15) is 4.88 Å². The fourth-order valence-corrected chi connectivity index (χ4v) is 2.99. The molecule has 0 saturated carbocycles. The molecule has 2 aromatic rings. The highest BCUT2D eigenvalue weighted by Crippen LogP contribution is 2.31. The van der Waals surface area contributed by atoms with Gasteiger partial charge in [-0.25, -0.2) is 0 Å². The van der Waals surface area contributed by atoms with Crippen molar-refractivity contribution in [2.24, 2.45) is 5.73 Å². The van der Waals surface area contributed by atoms with Gasteiger partial charge in [0.25, 0.3) is 0 Å². The largest absolute Gasteiger partial charge is 0.326 e. The lowest BCUT2D eigenvalue weighted by Gasteiger charge is -1.85. The minimum Gasteiger partial charge on any atom is -0.326 e. The molecule has 2 rings (SSSR count). The van der Waals surface area contributed by atoms with Gasteiger partial charge in [-0.1, -0.05) is 0 Å². The second-order valence-electron chi connectivity index (χ2n) is 2.49. The molecule has 0 aliphatic carbocycles. The van der Waals surface area contributed by atoms with E-state index in [9.17, 15) is 0 Å². The van der Waals surface area contributed by atoms with Crippen molar-refractivity contribution < 1.29 is 0 Å². The van der Waals surface area contributed by atoms with Crippen LogP contribution in [0.5, 0.6) is 0 Å². The Labute approximate surface area is 92.7 Å². The molecule has 0 atom stereocenters. The Hall–Kier alpha value is -0.230. The van der Waals surface area contributed by atoms with Crippen LogP contribution < -0.4 is 5.73 Å². The first kappa shape index (κ1) is 9.33. The maximum Gasteiger partial charge on any atom is 0.0944 e. The van der Waals surface area contributed by atoms with E-state index in [1.807, 2.05) is 12.1 Å². The Bertz CT molecular complexity index is 408. The zero-order chi connectivity index (χ0) is 9.26. The van der Waals surface area contributed by atoms with Crippen LogP contribution in [0.2, 0.25) is 0 Å². The van der Waals surface area contributed by atoms with E-state index in [4.69, 9.17) is 5.73 Å². The van der Waals surface area contributed by atoms with Gasteiger partial charge < -0.3 is 5.73 Å². The molecule has 0 bridgehead atoms. The van der Waals surface area contributed by atoms with E-state index in [-0.39, 0.29) is 0 Å². The standard InChI is InChI=1S/C8H7BrN2S2/c9-8-2-1-7(12-8)6-3-5(4-10)13-11-6/h1-3H,4,10H2. The maximum atomic E-state index is 5.51. The third-order valence-electron chi connectivity index (χ3n) is 1.59. The van der Waals surface area contributed by atoms with Gasteiger partial charge in [-0.05, 0) is 45.7 Å². The highest BCUT2D eigenvalue weighted by atomic mass is 79.9. The molecule has 0 spiro atoms. The normalized spacial score (nSPS) is 10.6. The third-order valence-corrected chi connectivity index (χ3v) is 4.04. The molecule has 0 unspecified atom stereocenters. The monoisotopic (exact) mass is 274 g/mol. The second-order valence-corrected chi connectivity index (χ2v) is 5.84. The van der Waals surface area contributed by atoms with Crippen LogP contribution in [0.3, 0.4) is 0 Å². The Morgan fingerprint density at radius 1 is 1.46 bits per heavy atom. The van der Waals surface area contributed by atoms with Crippen molar-refractivity contribution in [3.63, 3.8) is 0 Å². The quantitative estimate of drug-likeness (QED) is 0.914. The lowest BCUT2D eigenvalue weighted by molar-refractivity contribution is 1.11. The first-order valence-corrected chi connectivity index (χ1v) is 6.09. The molecular weight excluding hydrogens is 268 g/mol. The third kappa shape index (κ3) is 1.99. The molecule has 5 heteroatoms. The minimum atomic E-state index is 0.574. The molecule has 2 heterocycles. The van der Waals surface area contributed by atoms with Crippen LogP contribution >= 0.6 is 38.8 Å². The average molecular weight is 275 g/mol. The second kappa shape index (κ2) is 3.88. The Morgan fingerprint density at radius 2 is 2.31 bits per heavy atom. The fraction of sp³-hybridized carbons (Fsp3) is 0.125. The lowest BCUT2D eigenvalue weighted by atomic mass is 10.3. The molecule has 68 valence electrons. The summed E-state index contributed by atoms with van der Waals surface area (Å²) in [6.45, 7) is 0.574. The SMILES string of the molecule is NCc1cc(-c2ccc(Br)s2)ns1. The number of aromatic nitrogens is 1. The summed E-state index contributed by atoms with van der Waals surface area (Å²) >= 11 is 6.58. The van der Waals surface area contributed by atoms with Crippen LogP contribution in [0, 0.1) is 0 Å². The van der Waals surface area contributed by atoms with Crippen molar-refractivity contribution in [1.29, 1.82) is 0 Å². The zero-order valence-corrected chi connectivity index (χ0v) is 9.88. The highest BCUT2D eigenvalue weighted by Gasteiger charge is 2.05. The number of halogens is 1. The molecule has 0 fully saturated rings. The van der Waals surface area contributed by atoms with Gasteiger partial charge in [0, 0.05) is 11.4 Å². The summed E-state index contributed by atoms with van der Waals surface area (Å²) in [5.74, 6) is 0. The van der Waals surface area contributed by atoms with Gasteiger partial charge in [-0.3, -0.25) is 0 Å². The van der Waals surface area contributed by atoms with Crippen LogP contribution in [-0.2, 0) is 6.54 Å². The summed E-state index contributed by atoms with van der Waals surface area (Å²) < 4.78 is 5.45. The Morgan fingerprint density at radius 3 is 2.85 bits per heavy atom. The number of hydrogen-bond acceptors (Lipinski definition) is 4. The van der Waals surface area contributed by atoms with Gasteiger partial charge in [0.15, 0.2) is 0 Å². The molecule has 0 radical (unpaired) electrons. The fourth-order valence-electron chi connectivity index (χ4n) is 0.977. The maximum absolute atomic E-state index is 5.51. The Kier molecular flexibility index (Phi) is 2.78. The van der Waals surface area contributed by atoms with Crippen molar-refractivity contribution >= 4 is 38.8 Å². The summed E-state index contributed by atoms with van der Waals surface area (Å²) in [5.41, 5.74) is 6.54. The van der Waals surface area contributed by atoms with Gasteiger partial charge in [0.05, 0.1) is 14.4 Å². The Balaban J connectivity index is 2.35. The molecule has 2 nitrogen and oxygen atoms in total. The molecule has 2 aromatic heterocycles. The van der Waals surface area contributed by atoms with Gasteiger partial charge in [0.1, 0.15) is 0 Å². The smallest absolute Gasteiger partial charge is 0.0944 e. The molecule has 0 amide bonds. The van der Waals surface area contributed by atoms with Gasteiger partial charge in [0.2, 0.25) is 0 Å². The predicted octanol–water partition coefficient (Wildman–Crippen LogP) is 3.09. The molecule has 0 aromatic carbocycles. The molecule has 0 saturated heterocycles. The van der Waals surface area contributed by atoms with Gasteiger partial charge in [-0.2, -0.15) is 4.37 Å². The zero-order valence-electron chi connectivity index (χ0n) is 6.66.